The molecule has 24 heavy (non-hydrogen) atoms. The van der Waals surface area contributed by atoms with Crippen LogP contribution < -0.4 is 4.90 Å². The van der Waals surface area contributed by atoms with E-state index >= 15 is 0 Å². The second kappa shape index (κ2) is 5.16. The number of likely N-dealkylation sites (N-methyl/N-ethyl adjacent to an activating group) is 1. The molecule has 5 heteroatoms. The Morgan fingerprint density at radius 1 is 1.17 bits per heavy atom. The van der Waals surface area contributed by atoms with Gasteiger partial charge in [-0.05, 0) is 36.2 Å². The van der Waals surface area contributed by atoms with E-state index in [9.17, 15) is 14.0 Å². The molecule has 2 heterocycles. The van der Waals surface area contributed by atoms with Gasteiger partial charge in [-0.15, -0.1) is 0 Å². The molecule has 1 unspecified atom stereocenters. The first-order chi connectivity index (χ1) is 11.5. The highest BCUT2D eigenvalue weighted by Gasteiger charge is 2.54. The van der Waals surface area contributed by atoms with Crippen LogP contribution in [0.15, 0.2) is 48.5 Å². The first kappa shape index (κ1) is 14.9. The summed E-state index contributed by atoms with van der Waals surface area (Å²) in [6.07, 6.45) is 0.592. The van der Waals surface area contributed by atoms with E-state index in [0.717, 1.165) is 11.3 Å². The molecule has 4 rings (SSSR count). The van der Waals surface area contributed by atoms with Gasteiger partial charge in [0.2, 0.25) is 5.91 Å². The van der Waals surface area contributed by atoms with Gasteiger partial charge >= 0.3 is 0 Å². The topological polar surface area (TPSA) is 40.6 Å². The van der Waals surface area contributed by atoms with Crippen LogP contribution in [0, 0.1) is 5.82 Å². The van der Waals surface area contributed by atoms with Gasteiger partial charge in [-0.2, -0.15) is 0 Å². The monoisotopic (exact) mass is 324 g/mol. The molecule has 0 N–H and O–H groups in total. The van der Waals surface area contributed by atoms with E-state index in [0.29, 0.717) is 25.1 Å². The van der Waals surface area contributed by atoms with Gasteiger partial charge in [-0.25, -0.2) is 4.39 Å². The van der Waals surface area contributed by atoms with Crippen molar-refractivity contribution in [1.82, 2.24) is 4.90 Å². The van der Waals surface area contributed by atoms with Crippen LogP contribution in [-0.2, 0) is 10.2 Å². The van der Waals surface area contributed by atoms with Crippen molar-refractivity contribution in [2.75, 3.05) is 25.0 Å². The van der Waals surface area contributed by atoms with Crippen LogP contribution in [0.4, 0.5) is 10.1 Å². The van der Waals surface area contributed by atoms with Gasteiger partial charge in [0.05, 0.1) is 5.41 Å². The Balaban J connectivity index is 1.67. The molecule has 2 aliphatic rings. The molecule has 0 aromatic heterocycles. The number of amides is 2. The van der Waals surface area contributed by atoms with Crippen molar-refractivity contribution in [1.29, 1.82) is 0 Å². The van der Waals surface area contributed by atoms with Crippen molar-refractivity contribution in [3.8, 4) is 0 Å². The summed E-state index contributed by atoms with van der Waals surface area (Å²) in [5, 5.41) is 0. The number of anilines is 1. The number of hydrogen-bond donors (Lipinski definition) is 0. The van der Waals surface area contributed by atoms with Crippen molar-refractivity contribution < 1.29 is 14.0 Å². The van der Waals surface area contributed by atoms with E-state index in [1.807, 2.05) is 24.3 Å². The maximum atomic E-state index is 13.4. The van der Waals surface area contributed by atoms with Crippen LogP contribution in [0.3, 0.4) is 0 Å². The van der Waals surface area contributed by atoms with Gasteiger partial charge in [0.15, 0.2) is 0 Å². The van der Waals surface area contributed by atoms with Crippen LogP contribution in [0.2, 0.25) is 0 Å². The number of carbonyl (C=O) groups excluding carboxylic acids is 2. The molecule has 0 aliphatic carbocycles. The number of nitrogens with zero attached hydrogens (tertiary/aromatic N) is 2. The third kappa shape index (κ3) is 1.97. The molecule has 0 radical (unpaired) electrons. The minimum absolute atomic E-state index is 0.0262. The Kier molecular flexibility index (Phi) is 3.20. The minimum Gasteiger partial charge on any atom is -0.337 e. The molecular weight excluding hydrogens is 307 g/mol. The summed E-state index contributed by atoms with van der Waals surface area (Å²) >= 11 is 0. The number of rotatable bonds is 1. The molecule has 2 aromatic carbocycles. The van der Waals surface area contributed by atoms with Gasteiger partial charge in [0, 0.05) is 31.4 Å². The Morgan fingerprint density at radius 2 is 1.96 bits per heavy atom. The zero-order valence-electron chi connectivity index (χ0n) is 13.3. The van der Waals surface area contributed by atoms with Crippen molar-refractivity contribution in [2.45, 2.75) is 11.8 Å². The molecule has 1 atom stereocenters. The van der Waals surface area contributed by atoms with Gasteiger partial charge in [0.25, 0.3) is 5.91 Å². The molecular formula is C19H17FN2O2. The van der Waals surface area contributed by atoms with Crippen molar-refractivity contribution in [3.05, 3.63) is 65.5 Å². The van der Waals surface area contributed by atoms with Crippen molar-refractivity contribution in [2.24, 2.45) is 0 Å². The number of carbonyl (C=O) groups is 2. The predicted molar refractivity (Wildman–Crippen MR) is 88.5 cm³/mol. The van der Waals surface area contributed by atoms with Crippen LogP contribution in [0.1, 0.15) is 22.3 Å². The number of likely N-dealkylation sites (tertiary alicyclic amines) is 1. The summed E-state index contributed by atoms with van der Waals surface area (Å²) in [7, 11) is 1.77. The van der Waals surface area contributed by atoms with E-state index in [4.69, 9.17) is 0 Å². The largest absolute Gasteiger partial charge is 0.337 e. The highest BCUT2D eigenvalue weighted by atomic mass is 19.1. The molecule has 1 saturated heterocycles. The Morgan fingerprint density at radius 3 is 2.75 bits per heavy atom. The lowest BCUT2D eigenvalue weighted by atomic mass is 9.81. The van der Waals surface area contributed by atoms with Crippen LogP contribution in [-0.4, -0.2) is 36.9 Å². The summed E-state index contributed by atoms with van der Waals surface area (Å²) in [6, 6.07) is 13.4. The maximum absolute atomic E-state index is 13.4. The molecule has 2 aliphatic heterocycles. The quantitative estimate of drug-likeness (QED) is 0.809. The zero-order chi connectivity index (χ0) is 16.9. The van der Waals surface area contributed by atoms with Crippen LogP contribution >= 0.6 is 0 Å². The zero-order valence-corrected chi connectivity index (χ0v) is 13.3. The molecule has 0 bridgehead atoms. The fourth-order valence-corrected chi connectivity index (χ4v) is 3.90. The normalized spacial score (nSPS) is 22.3. The summed E-state index contributed by atoms with van der Waals surface area (Å²) in [5.74, 6) is -0.638. The molecule has 2 amide bonds. The summed E-state index contributed by atoms with van der Waals surface area (Å²) < 4.78 is 13.4. The SMILES string of the molecule is CN1C(=O)C2(CCN(C(=O)c3cccc(F)c3)C2)c2ccccc21. The van der Waals surface area contributed by atoms with Gasteiger partial charge in [-0.1, -0.05) is 24.3 Å². The van der Waals surface area contributed by atoms with E-state index in [1.165, 1.54) is 18.2 Å². The van der Waals surface area contributed by atoms with E-state index in [1.54, 1.807) is 22.9 Å². The summed E-state index contributed by atoms with van der Waals surface area (Å²) in [5.41, 5.74) is 1.53. The average Bonchev–Trinajstić information content (AvgIpc) is 3.13. The fraction of sp³-hybridized carbons (Fsp3) is 0.263. The van der Waals surface area contributed by atoms with E-state index in [2.05, 4.69) is 0 Å². The highest BCUT2D eigenvalue weighted by Crippen LogP contribution is 2.46. The number of fused-ring (bicyclic) bond motifs is 2. The lowest BCUT2D eigenvalue weighted by molar-refractivity contribution is -0.122. The van der Waals surface area contributed by atoms with Gasteiger partial charge < -0.3 is 9.80 Å². The number of halogens is 1. The Hall–Kier alpha value is -2.69. The third-order valence-electron chi connectivity index (χ3n) is 5.12. The molecule has 0 saturated carbocycles. The minimum atomic E-state index is -0.672. The predicted octanol–water partition coefficient (Wildman–Crippen LogP) is 2.59. The molecule has 122 valence electrons. The van der Waals surface area contributed by atoms with E-state index in [-0.39, 0.29) is 11.8 Å². The lowest BCUT2D eigenvalue weighted by Crippen LogP contribution is -2.42. The summed E-state index contributed by atoms with van der Waals surface area (Å²) in [6.45, 7) is 0.825. The second-order valence-corrected chi connectivity index (χ2v) is 6.45. The Bertz CT molecular complexity index is 851. The first-order valence-electron chi connectivity index (χ1n) is 7.95. The Labute approximate surface area is 139 Å². The fourth-order valence-electron chi connectivity index (χ4n) is 3.90. The lowest BCUT2D eigenvalue weighted by Gasteiger charge is -2.23. The average molecular weight is 324 g/mol. The first-order valence-corrected chi connectivity index (χ1v) is 7.95. The maximum Gasteiger partial charge on any atom is 0.254 e. The van der Waals surface area contributed by atoms with Crippen molar-refractivity contribution in [3.63, 3.8) is 0 Å². The van der Waals surface area contributed by atoms with Crippen LogP contribution in [0.25, 0.3) is 0 Å². The molecule has 1 fully saturated rings. The van der Waals surface area contributed by atoms with Gasteiger partial charge in [-0.3, -0.25) is 9.59 Å². The summed E-state index contributed by atoms with van der Waals surface area (Å²) in [4.78, 5) is 28.9. The van der Waals surface area contributed by atoms with Gasteiger partial charge in [0.1, 0.15) is 5.82 Å². The van der Waals surface area contributed by atoms with Crippen molar-refractivity contribution >= 4 is 17.5 Å². The molecule has 2 aromatic rings. The molecule has 1 spiro atoms. The molecule has 4 nitrogen and oxygen atoms in total. The van der Waals surface area contributed by atoms with Crippen LogP contribution in [0.5, 0.6) is 0 Å². The third-order valence-corrected chi connectivity index (χ3v) is 5.12. The highest BCUT2D eigenvalue weighted by molar-refractivity contribution is 6.09. The number of benzene rings is 2. The second-order valence-electron chi connectivity index (χ2n) is 6.45. The van der Waals surface area contributed by atoms with E-state index < -0.39 is 11.2 Å². The standard InChI is InChI=1S/C19H17FN2O2/c1-21-16-8-3-2-7-15(16)19(18(21)24)9-10-22(12-19)17(23)13-5-4-6-14(20)11-13/h2-8,11H,9-10,12H2,1H3. The number of para-hydroxylation sites is 1. The number of hydrogen-bond acceptors (Lipinski definition) is 2. The smallest absolute Gasteiger partial charge is 0.254 e.